The number of nitrogens with one attached hydrogen (secondary N) is 1. The molecule has 3 unspecified atom stereocenters. The highest BCUT2D eigenvalue weighted by Crippen LogP contribution is 2.25. The van der Waals surface area contributed by atoms with Crippen LogP contribution in [0.3, 0.4) is 0 Å². The molecule has 4 heteroatoms. The predicted molar refractivity (Wildman–Crippen MR) is 77.4 cm³/mol. The summed E-state index contributed by atoms with van der Waals surface area (Å²) in [5.74, 6) is 0.888. The number of ether oxygens (including phenoxy) is 1. The number of fused-ring (bicyclic) bond motifs is 1. The average Bonchev–Trinajstić information content (AvgIpc) is 2.81. The van der Waals surface area contributed by atoms with Gasteiger partial charge in [0.15, 0.2) is 0 Å². The largest absolute Gasteiger partial charge is 0.374 e. The lowest BCUT2D eigenvalue weighted by Gasteiger charge is -2.37. The lowest BCUT2D eigenvalue weighted by atomic mass is 9.94. The van der Waals surface area contributed by atoms with Gasteiger partial charge in [-0.2, -0.15) is 0 Å². The van der Waals surface area contributed by atoms with E-state index < -0.39 is 0 Å². The normalized spacial score (nSPS) is 37.7. The quantitative estimate of drug-likeness (QED) is 0.818. The first-order chi connectivity index (χ1) is 9.22. The number of hydrogen-bond acceptors (Lipinski definition) is 4. The van der Waals surface area contributed by atoms with Gasteiger partial charge >= 0.3 is 0 Å². The second-order valence-corrected chi connectivity index (χ2v) is 6.76. The summed E-state index contributed by atoms with van der Waals surface area (Å²) in [5.41, 5.74) is 0. The number of nitrogens with zero attached hydrogens (tertiary/aromatic N) is 2. The monoisotopic (exact) mass is 267 g/mol. The number of rotatable bonds is 3. The number of hydrogen-bond donors (Lipinski definition) is 1. The molecule has 0 aromatic carbocycles. The molecule has 0 amide bonds. The van der Waals surface area contributed by atoms with E-state index in [0.717, 1.165) is 38.2 Å². The summed E-state index contributed by atoms with van der Waals surface area (Å²) < 4.78 is 5.97. The Bertz CT molecular complexity index is 283. The molecule has 3 aliphatic rings. The highest BCUT2D eigenvalue weighted by atomic mass is 16.5. The molecule has 1 N–H and O–H groups in total. The fraction of sp³-hybridized carbons (Fsp3) is 1.00. The zero-order valence-corrected chi connectivity index (χ0v) is 12.5. The molecule has 3 fully saturated rings. The Labute approximate surface area is 117 Å². The molecule has 3 rings (SSSR count). The van der Waals surface area contributed by atoms with Gasteiger partial charge in [-0.1, -0.05) is 0 Å². The van der Waals surface area contributed by atoms with Crippen molar-refractivity contribution in [2.45, 2.75) is 44.9 Å². The van der Waals surface area contributed by atoms with Crippen LogP contribution in [0.15, 0.2) is 0 Å². The van der Waals surface area contributed by atoms with E-state index in [2.05, 4.69) is 29.0 Å². The summed E-state index contributed by atoms with van der Waals surface area (Å²) >= 11 is 0. The van der Waals surface area contributed by atoms with Gasteiger partial charge in [0.1, 0.15) is 0 Å². The molecular weight excluding hydrogens is 238 g/mol. The minimum Gasteiger partial charge on any atom is -0.374 e. The van der Waals surface area contributed by atoms with Crippen molar-refractivity contribution in [1.29, 1.82) is 0 Å². The lowest BCUT2D eigenvalue weighted by molar-refractivity contribution is -0.0502. The first-order valence-corrected chi connectivity index (χ1v) is 8.04. The van der Waals surface area contributed by atoms with Crippen molar-refractivity contribution in [2.24, 2.45) is 5.92 Å². The third-order valence-corrected chi connectivity index (χ3v) is 5.04. The van der Waals surface area contributed by atoms with Gasteiger partial charge in [-0.25, -0.2) is 0 Å². The third kappa shape index (κ3) is 3.30. The number of piperidine rings is 1. The summed E-state index contributed by atoms with van der Waals surface area (Å²) in [6.07, 6.45) is 3.18. The summed E-state index contributed by atoms with van der Waals surface area (Å²) in [7, 11) is 0. The van der Waals surface area contributed by atoms with Gasteiger partial charge in [0.25, 0.3) is 0 Å². The van der Waals surface area contributed by atoms with Crippen molar-refractivity contribution in [3.63, 3.8) is 0 Å². The first-order valence-electron chi connectivity index (χ1n) is 8.04. The summed E-state index contributed by atoms with van der Waals surface area (Å²) in [4.78, 5) is 5.18. The molecule has 0 spiro atoms. The molecule has 19 heavy (non-hydrogen) atoms. The second kappa shape index (κ2) is 6.08. The lowest BCUT2D eigenvalue weighted by Crippen LogP contribution is -2.49. The van der Waals surface area contributed by atoms with E-state index in [9.17, 15) is 0 Å². The molecule has 0 bridgehead atoms. The van der Waals surface area contributed by atoms with Crippen molar-refractivity contribution >= 4 is 0 Å². The van der Waals surface area contributed by atoms with Crippen molar-refractivity contribution in [3.05, 3.63) is 0 Å². The molecule has 0 aromatic heterocycles. The Morgan fingerprint density at radius 2 is 2.16 bits per heavy atom. The van der Waals surface area contributed by atoms with E-state index in [-0.39, 0.29) is 0 Å². The minimum absolute atomic E-state index is 0.413. The van der Waals surface area contributed by atoms with E-state index in [1.165, 1.54) is 32.5 Å². The van der Waals surface area contributed by atoms with E-state index in [1.54, 1.807) is 0 Å². The van der Waals surface area contributed by atoms with Crippen LogP contribution in [0.5, 0.6) is 0 Å². The molecule has 0 aromatic rings. The Balaban J connectivity index is 1.49. The Kier molecular flexibility index (Phi) is 4.42. The Hall–Kier alpha value is -0.160. The highest BCUT2D eigenvalue weighted by Gasteiger charge is 2.35. The van der Waals surface area contributed by atoms with Crippen molar-refractivity contribution in [3.8, 4) is 0 Å². The molecule has 110 valence electrons. The fourth-order valence-corrected chi connectivity index (χ4v) is 3.89. The number of likely N-dealkylation sites (tertiary alicyclic amines) is 1. The molecule has 3 aliphatic heterocycles. The van der Waals surface area contributed by atoms with E-state index in [1.807, 2.05) is 0 Å². The van der Waals surface area contributed by atoms with Crippen molar-refractivity contribution in [1.82, 2.24) is 15.1 Å². The maximum Gasteiger partial charge on any atom is 0.0829 e. The van der Waals surface area contributed by atoms with Gasteiger partial charge in [0, 0.05) is 44.8 Å². The topological polar surface area (TPSA) is 27.7 Å². The highest BCUT2D eigenvalue weighted by molar-refractivity contribution is 4.93. The van der Waals surface area contributed by atoms with E-state index in [0.29, 0.717) is 12.1 Å². The van der Waals surface area contributed by atoms with Gasteiger partial charge in [-0.3, -0.25) is 9.80 Å². The van der Waals surface area contributed by atoms with Crippen LogP contribution in [0.1, 0.15) is 26.7 Å². The molecule has 3 saturated heterocycles. The van der Waals surface area contributed by atoms with Crippen LogP contribution in [0, 0.1) is 5.92 Å². The molecule has 3 atom stereocenters. The van der Waals surface area contributed by atoms with Crippen LogP contribution in [-0.4, -0.2) is 73.9 Å². The third-order valence-electron chi connectivity index (χ3n) is 5.04. The van der Waals surface area contributed by atoms with E-state index >= 15 is 0 Å². The zero-order chi connectivity index (χ0) is 13.2. The molecule has 0 saturated carbocycles. The average molecular weight is 267 g/mol. The molecule has 4 nitrogen and oxygen atoms in total. The first kappa shape index (κ1) is 13.8. The number of morpholine rings is 1. The predicted octanol–water partition coefficient (Wildman–Crippen LogP) is 0.779. The van der Waals surface area contributed by atoms with Crippen molar-refractivity contribution < 1.29 is 4.74 Å². The van der Waals surface area contributed by atoms with Crippen LogP contribution in [0.25, 0.3) is 0 Å². The van der Waals surface area contributed by atoms with Gasteiger partial charge in [0.05, 0.1) is 12.7 Å². The van der Waals surface area contributed by atoms with Crippen LogP contribution in [-0.2, 0) is 4.74 Å². The molecule has 0 radical (unpaired) electrons. The van der Waals surface area contributed by atoms with Gasteiger partial charge < -0.3 is 10.1 Å². The zero-order valence-electron chi connectivity index (χ0n) is 12.5. The molecular formula is C15H29N3O. The van der Waals surface area contributed by atoms with Crippen LogP contribution in [0.4, 0.5) is 0 Å². The summed E-state index contributed by atoms with van der Waals surface area (Å²) in [6.45, 7) is 12.5. The summed E-state index contributed by atoms with van der Waals surface area (Å²) in [6, 6.07) is 1.40. The molecule has 0 aliphatic carbocycles. The fourth-order valence-electron chi connectivity index (χ4n) is 3.89. The van der Waals surface area contributed by atoms with Gasteiger partial charge in [-0.15, -0.1) is 0 Å². The van der Waals surface area contributed by atoms with Gasteiger partial charge in [0.2, 0.25) is 0 Å². The standard InChI is InChI=1S/C15H29N3O/c1-12(2)18-6-7-19-14(10-18)9-17-8-13-4-3-5-16-15(13)11-17/h12-16H,3-11H2,1-2H3. The van der Waals surface area contributed by atoms with Crippen LogP contribution in [0.2, 0.25) is 0 Å². The summed E-state index contributed by atoms with van der Waals surface area (Å²) in [5, 5.41) is 3.68. The molecule has 3 heterocycles. The van der Waals surface area contributed by atoms with Crippen LogP contribution >= 0.6 is 0 Å². The SMILES string of the molecule is CC(C)N1CCOC(CN2CC3CCCNC3C2)C1. The smallest absolute Gasteiger partial charge is 0.0829 e. The minimum atomic E-state index is 0.413. The van der Waals surface area contributed by atoms with Gasteiger partial charge in [-0.05, 0) is 39.2 Å². The maximum atomic E-state index is 5.97. The Morgan fingerprint density at radius 3 is 2.95 bits per heavy atom. The maximum absolute atomic E-state index is 5.97. The second-order valence-electron chi connectivity index (χ2n) is 6.76. The Morgan fingerprint density at radius 1 is 1.26 bits per heavy atom. The van der Waals surface area contributed by atoms with Crippen molar-refractivity contribution in [2.75, 3.05) is 45.9 Å². The van der Waals surface area contributed by atoms with Crippen LogP contribution < -0.4 is 5.32 Å². The van der Waals surface area contributed by atoms with E-state index in [4.69, 9.17) is 4.74 Å².